The van der Waals surface area contributed by atoms with Crippen LogP contribution in [0.4, 0.5) is 17.1 Å². The lowest BCUT2D eigenvalue weighted by Crippen LogP contribution is -2.09. The zero-order chi connectivity index (χ0) is 27.9. The zero-order valence-electron chi connectivity index (χ0n) is 22.9. The Kier molecular flexibility index (Phi) is 6.05. The van der Waals surface area contributed by atoms with Crippen LogP contribution < -0.4 is 4.90 Å². The van der Waals surface area contributed by atoms with E-state index >= 15 is 0 Å². The van der Waals surface area contributed by atoms with E-state index in [0.29, 0.717) is 0 Å². The maximum Gasteiger partial charge on any atom is 0.0462 e. The lowest BCUT2D eigenvalue weighted by atomic mass is 9.92. The molecule has 8 aromatic rings. The second-order valence-electron chi connectivity index (χ2n) is 10.5. The third kappa shape index (κ3) is 4.08. The lowest BCUT2D eigenvalue weighted by molar-refractivity contribution is 1.28. The van der Waals surface area contributed by atoms with Crippen LogP contribution in [0.5, 0.6) is 0 Å². The second-order valence-corrected chi connectivity index (χ2v) is 11.5. The Labute approximate surface area is 249 Å². The normalized spacial score (nSPS) is 11.3. The van der Waals surface area contributed by atoms with Gasteiger partial charge in [0.15, 0.2) is 0 Å². The molecule has 0 saturated heterocycles. The molecule has 0 saturated carbocycles. The number of thiophene rings is 1. The molecule has 198 valence electrons. The van der Waals surface area contributed by atoms with Crippen LogP contribution in [-0.4, -0.2) is 0 Å². The van der Waals surface area contributed by atoms with E-state index in [1.807, 2.05) is 11.3 Å². The number of anilines is 3. The Hall–Kier alpha value is -5.18. The molecule has 2 heteroatoms. The Bertz CT molecular complexity index is 2120. The van der Waals surface area contributed by atoms with E-state index in [2.05, 4.69) is 169 Å². The highest BCUT2D eigenvalue weighted by Gasteiger charge is 2.21. The zero-order valence-corrected chi connectivity index (χ0v) is 23.8. The number of hydrogen-bond acceptors (Lipinski definition) is 2. The molecule has 0 aliphatic carbocycles. The summed E-state index contributed by atoms with van der Waals surface area (Å²) in [6.07, 6.45) is 0. The molecule has 0 radical (unpaired) electrons. The van der Waals surface area contributed by atoms with Crippen molar-refractivity contribution < 1.29 is 0 Å². The third-order valence-corrected chi connectivity index (χ3v) is 9.32. The molecule has 0 atom stereocenters. The summed E-state index contributed by atoms with van der Waals surface area (Å²) in [5.41, 5.74) is 7.19. The molecule has 0 N–H and O–H groups in total. The van der Waals surface area contributed by atoms with Crippen molar-refractivity contribution in [2.45, 2.75) is 0 Å². The molecule has 0 unspecified atom stereocenters. The smallest absolute Gasteiger partial charge is 0.0462 e. The lowest BCUT2D eigenvalue weighted by Gasteiger charge is -2.25. The first-order valence-corrected chi connectivity index (χ1v) is 15.1. The Morgan fingerprint density at radius 1 is 0.357 bits per heavy atom. The Morgan fingerprint density at radius 2 is 0.810 bits per heavy atom. The van der Waals surface area contributed by atoms with Crippen LogP contribution in [-0.2, 0) is 0 Å². The van der Waals surface area contributed by atoms with Gasteiger partial charge in [0.25, 0.3) is 0 Å². The fraction of sp³-hybridized carbons (Fsp3) is 0. The van der Waals surface area contributed by atoms with Crippen LogP contribution in [0.1, 0.15) is 0 Å². The van der Waals surface area contributed by atoms with E-state index in [1.54, 1.807) is 0 Å². The van der Waals surface area contributed by atoms with Gasteiger partial charge in [0.05, 0.1) is 0 Å². The minimum absolute atomic E-state index is 1.13. The topological polar surface area (TPSA) is 3.24 Å². The molecular weight excluding hydrogens is 527 g/mol. The van der Waals surface area contributed by atoms with Gasteiger partial charge in [-0.2, -0.15) is 0 Å². The predicted octanol–water partition coefficient (Wildman–Crippen LogP) is 12.0. The van der Waals surface area contributed by atoms with Crippen molar-refractivity contribution in [1.82, 2.24) is 0 Å². The van der Waals surface area contributed by atoms with Crippen molar-refractivity contribution in [1.29, 1.82) is 0 Å². The molecule has 0 bridgehead atoms. The minimum Gasteiger partial charge on any atom is -0.311 e. The highest BCUT2D eigenvalue weighted by molar-refractivity contribution is 7.24. The van der Waals surface area contributed by atoms with Gasteiger partial charge in [-0.3, -0.25) is 0 Å². The Morgan fingerprint density at radius 3 is 1.40 bits per heavy atom. The molecular formula is C40H27NS. The third-order valence-electron chi connectivity index (χ3n) is 8.05. The number of fused-ring (bicyclic) bond motifs is 6. The highest BCUT2D eigenvalue weighted by atomic mass is 32.1. The van der Waals surface area contributed by atoms with E-state index in [1.165, 1.54) is 53.2 Å². The fourth-order valence-electron chi connectivity index (χ4n) is 6.18. The molecule has 42 heavy (non-hydrogen) atoms. The average Bonchev–Trinajstić information content (AvgIpc) is 3.48. The SMILES string of the molecule is c1ccc(-c2sc3c4ccccc4c4ccccc4c3c2-c2ccc(N(c3ccccc3)c3ccccc3)cc2)cc1. The molecule has 1 nitrogen and oxygen atoms in total. The number of nitrogens with zero attached hydrogens (tertiary/aromatic N) is 1. The first kappa shape index (κ1) is 24.6. The minimum atomic E-state index is 1.13. The summed E-state index contributed by atoms with van der Waals surface area (Å²) in [6, 6.07) is 58.9. The summed E-state index contributed by atoms with van der Waals surface area (Å²) in [5.74, 6) is 0. The van der Waals surface area contributed by atoms with E-state index in [-0.39, 0.29) is 0 Å². The van der Waals surface area contributed by atoms with E-state index in [0.717, 1.165) is 17.1 Å². The summed E-state index contributed by atoms with van der Waals surface area (Å²) in [4.78, 5) is 3.62. The summed E-state index contributed by atoms with van der Waals surface area (Å²) in [7, 11) is 0. The van der Waals surface area contributed by atoms with Gasteiger partial charge in [-0.05, 0) is 63.7 Å². The molecule has 8 rings (SSSR count). The van der Waals surface area contributed by atoms with Crippen molar-refractivity contribution in [3.8, 4) is 21.6 Å². The van der Waals surface area contributed by atoms with Crippen LogP contribution in [0.15, 0.2) is 164 Å². The van der Waals surface area contributed by atoms with Gasteiger partial charge in [-0.1, -0.05) is 127 Å². The van der Waals surface area contributed by atoms with Crippen LogP contribution >= 0.6 is 11.3 Å². The van der Waals surface area contributed by atoms with Gasteiger partial charge in [0, 0.05) is 43.0 Å². The fourth-order valence-corrected chi connectivity index (χ4v) is 7.56. The maximum absolute atomic E-state index is 2.32. The van der Waals surface area contributed by atoms with Gasteiger partial charge in [-0.15, -0.1) is 11.3 Å². The van der Waals surface area contributed by atoms with E-state index in [9.17, 15) is 0 Å². The number of para-hydroxylation sites is 2. The number of rotatable bonds is 5. The maximum atomic E-state index is 2.32. The second kappa shape index (κ2) is 10.3. The predicted molar refractivity (Wildman–Crippen MR) is 182 cm³/mol. The molecule has 0 aliphatic heterocycles. The standard InChI is InChI=1S/C40H27NS/c1-4-14-29(15-5-1)39-37(38-35-22-12-10-20-33(35)34-21-11-13-23-36(34)40(38)42-39)28-24-26-32(27-25-28)41(30-16-6-2-7-17-30)31-18-8-3-9-19-31/h1-27H. The van der Waals surface area contributed by atoms with Crippen molar-refractivity contribution in [3.05, 3.63) is 164 Å². The Balaban J connectivity index is 1.39. The van der Waals surface area contributed by atoms with Crippen molar-refractivity contribution >= 4 is 60.0 Å². The van der Waals surface area contributed by atoms with Gasteiger partial charge in [-0.25, -0.2) is 0 Å². The van der Waals surface area contributed by atoms with Gasteiger partial charge < -0.3 is 4.90 Å². The quantitative estimate of drug-likeness (QED) is 0.192. The van der Waals surface area contributed by atoms with Crippen molar-refractivity contribution in [2.75, 3.05) is 4.90 Å². The first-order valence-electron chi connectivity index (χ1n) is 14.3. The van der Waals surface area contributed by atoms with Crippen LogP contribution in [0, 0.1) is 0 Å². The summed E-state index contributed by atoms with van der Waals surface area (Å²) < 4.78 is 1.34. The molecule has 0 fully saturated rings. The summed E-state index contributed by atoms with van der Waals surface area (Å²) in [6.45, 7) is 0. The van der Waals surface area contributed by atoms with Gasteiger partial charge >= 0.3 is 0 Å². The molecule has 1 aromatic heterocycles. The van der Waals surface area contributed by atoms with E-state index in [4.69, 9.17) is 0 Å². The van der Waals surface area contributed by atoms with Crippen LogP contribution in [0.2, 0.25) is 0 Å². The number of hydrogen-bond donors (Lipinski definition) is 0. The van der Waals surface area contributed by atoms with Gasteiger partial charge in [0.1, 0.15) is 0 Å². The van der Waals surface area contributed by atoms with Crippen molar-refractivity contribution in [3.63, 3.8) is 0 Å². The van der Waals surface area contributed by atoms with E-state index < -0.39 is 0 Å². The molecule has 0 amide bonds. The van der Waals surface area contributed by atoms with Crippen LogP contribution in [0.3, 0.4) is 0 Å². The largest absolute Gasteiger partial charge is 0.311 e. The molecule has 7 aromatic carbocycles. The summed E-state index contributed by atoms with van der Waals surface area (Å²) >= 11 is 1.91. The monoisotopic (exact) mass is 553 g/mol. The molecule has 0 aliphatic rings. The highest BCUT2D eigenvalue weighted by Crippen LogP contribution is 2.50. The molecule has 0 spiro atoms. The molecule has 1 heterocycles. The van der Waals surface area contributed by atoms with Crippen molar-refractivity contribution in [2.24, 2.45) is 0 Å². The number of benzene rings is 7. The average molecular weight is 554 g/mol. The van der Waals surface area contributed by atoms with Crippen LogP contribution in [0.25, 0.3) is 53.2 Å². The summed E-state index contributed by atoms with van der Waals surface area (Å²) in [5, 5.41) is 6.57. The first-order chi connectivity index (χ1) is 20.9. The van der Waals surface area contributed by atoms with Gasteiger partial charge in [0.2, 0.25) is 0 Å².